The van der Waals surface area contributed by atoms with Crippen LogP contribution in [0.1, 0.15) is 43.4 Å². The van der Waals surface area contributed by atoms with Gasteiger partial charge in [0.1, 0.15) is 5.75 Å². The normalized spacial score (nSPS) is 14.8. The molecule has 1 aliphatic heterocycles. The highest BCUT2D eigenvalue weighted by Gasteiger charge is 2.21. The van der Waals surface area contributed by atoms with Crippen LogP contribution in [0.15, 0.2) is 12.1 Å². The van der Waals surface area contributed by atoms with Gasteiger partial charge in [-0.2, -0.15) is 0 Å². The molecule has 0 fully saturated rings. The molecule has 3 heteroatoms. The Labute approximate surface area is 115 Å². The molecule has 3 nitrogen and oxygen atoms in total. The molecular formula is C16H23NO2. The largest absolute Gasteiger partial charge is 0.493 e. The van der Waals surface area contributed by atoms with Crippen LogP contribution in [-0.2, 0) is 24.1 Å². The Kier molecular flexibility index (Phi) is 4.83. The van der Waals surface area contributed by atoms with Gasteiger partial charge in [-0.15, -0.1) is 0 Å². The average molecular weight is 261 g/mol. The molecule has 1 aromatic rings. The van der Waals surface area contributed by atoms with Crippen molar-refractivity contribution in [2.75, 3.05) is 13.2 Å². The van der Waals surface area contributed by atoms with Gasteiger partial charge in [0.05, 0.1) is 6.61 Å². The van der Waals surface area contributed by atoms with Crippen LogP contribution in [0.3, 0.4) is 0 Å². The zero-order valence-corrected chi connectivity index (χ0v) is 11.9. The van der Waals surface area contributed by atoms with E-state index < -0.39 is 0 Å². The first-order valence-electron chi connectivity index (χ1n) is 7.29. The topological polar surface area (TPSA) is 38.3 Å². The Morgan fingerprint density at radius 2 is 2.05 bits per heavy atom. The van der Waals surface area contributed by atoms with Crippen LogP contribution in [0.4, 0.5) is 0 Å². The van der Waals surface area contributed by atoms with Crippen molar-refractivity contribution >= 4 is 5.91 Å². The van der Waals surface area contributed by atoms with Crippen LogP contribution in [0.25, 0.3) is 0 Å². The molecule has 104 valence electrons. The molecule has 0 aromatic heterocycles. The zero-order chi connectivity index (χ0) is 13.7. The van der Waals surface area contributed by atoms with Crippen molar-refractivity contribution in [3.8, 4) is 5.75 Å². The van der Waals surface area contributed by atoms with Gasteiger partial charge in [-0.1, -0.05) is 13.0 Å². The molecule has 1 aromatic carbocycles. The first-order chi connectivity index (χ1) is 9.26. The number of nitrogens with one attached hydrogen (secondary N) is 1. The number of rotatable bonds is 2. The Bertz CT molecular complexity index is 421. The Morgan fingerprint density at radius 1 is 1.21 bits per heavy atom. The Morgan fingerprint density at radius 3 is 2.74 bits per heavy atom. The Hall–Kier alpha value is -1.51. The summed E-state index contributed by atoms with van der Waals surface area (Å²) in [4.78, 5) is 10.3. The van der Waals surface area contributed by atoms with E-state index in [0.29, 0.717) is 6.42 Å². The third-order valence-electron chi connectivity index (χ3n) is 3.66. The number of carbonyl (C=O) groups excluding carboxylic acids is 1. The van der Waals surface area contributed by atoms with E-state index in [0.717, 1.165) is 25.3 Å². The van der Waals surface area contributed by atoms with Gasteiger partial charge >= 0.3 is 0 Å². The second kappa shape index (κ2) is 6.60. The predicted octanol–water partition coefficient (Wildman–Crippen LogP) is 2.64. The predicted molar refractivity (Wildman–Crippen MR) is 76.6 cm³/mol. The Balaban J connectivity index is 0.000000167. The molecule has 0 atom stereocenters. The maximum Gasteiger partial charge on any atom is 0.219 e. The summed E-state index contributed by atoms with van der Waals surface area (Å²) in [6, 6.07) is 4.39. The van der Waals surface area contributed by atoms with E-state index >= 15 is 0 Å². The second-order valence-electron chi connectivity index (χ2n) is 4.94. The van der Waals surface area contributed by atoms with E-state index in [1.165, 1.54) is 24.8 Å². The SMILES string of the molecule is CCNC(=O)CC.c1cc2c(c3c1CCC3)CCO2. The van der Waals surface area contributed by atoms with Crippen molar-refractivity contribution < 1.29 is 9.53 Å². The van der Waals surface area contributed by atoms with Crippen molar-refractivity contribution in [2.24, 2.45) is 0 Å². The van der Waals surface area contributed by atoms with Gasteiger partial charge in [0.2, 0.25) is 5.91 Å². The summed E-state index contributed by atoms with van der Waals surface area (Å²) in [6.45, 7) is 5.39. The summed E-state index contributed by atoms with van der Waals surface area (Å²) in [5.74, 6) is 1.28. The van der Waals surface area contributed by atoms with E-state index in [2.05, 4.69) is 17.4 Å². The van der Waals surface area contributed by atoms with Crippen molar-refractivity contribution in [1.29, 1.82) is 0 Å². The summed E-state index contributed by atoms with van der Waals surface area (Å²) in [5, 5.41) is 2.66. The fourth-order valence-corrected chi connectivity index (χ4v) is 2.72. The molecule has 3 rings (SSSR count). The number of ether oxygens (including phenoxy) is 1. The first kappa shape index (κ1) is 13.9. The third kappa shape index (κ3) is 3.28. The molecule has 0 saturated heterocycles. The molecule has 0 unspecified atom stereocenters. The minimum atomic E-state index is 0.127. The monoisotopic (exact) mass is 261 g/mol. The molecule has 2 aliphatic rings. The zero-order valence-electron chi connectivity index (χ0n) is 11.9. The second-order valence-corrected chi connectivity index (χ2v) is 4.94. The van der Waals surface area contributed by atoms with Gasteiger partial charge in [0, 0.05) is 24.9 Å². The number of amides is 1. The van der Waals surface area contributed by atoms with E-state index in [1.54, 1.807) is 11.1 Å². The van der Waals surface area contributed by atoms with Gasteiger partial charge in [0.25, 0.3) is 0 Å². The van der Waals surface area contributed by atoms with E-state index in [1.807, 2.05) is 13.8 Å². The van der Waals surface area contributed by atoms with E-state index in [4.69, 9.17) is 4.74 Å². The van der Waals surface area contributed by atoms with Gasteiger partial charge in [-0.25, -0.2) is 0 Å². The lowest BCUT2D eigenvalue weighted by Crippen LogP contribution is -2.20. The quantitative estimate of drug-likeness (QED) is 0.888. The smallest absolute Gasteiger partial charge is 0.219 e. The van der Waals surface area contributed by atoms with Crippen LogP contribution in [0, 0.1) is 0 Å². The molecule has 1 amide bonds. The van der Waals surface area contributed by atoms with Crippen LogP contribution in [-0.4, -0.2) is 19.1 Å². The van der Waals surface area contributed by atoms with E-state index in [-0.39, 0.29) is 5.91 Å². The number of hydrogen-bond donors (Lipinski definition) is 1. The molecule has 0 bridgehead atoms. The van der Waals surface area contributed by atoms with Crippen molar-refractivity contribution in [2.45, 2.75) is 46.0 Å². The average Bonchev–Trinajstić information content (AvgIpc) is 3.06. The van der Waals surface area contributed by atoms with Crippen molar-refractivity contribution in [1.82, 2.24) is 5.32 Å². The molecular weight excluding hydrogens is 238 g/mol. The summed E-state index contributed by atoms with van der Waals surface area (Å²) < 4.78 is 5.52. The van der Waals surface area contributed by atoms with Crippen molar-refractivity contribution in [3.05, 3.63) is 28.8 Å². The molecule has 1 N–H and O–H groups in total. The molecule has 0 saturated carbocycles. The minimum absolute atomic E-state index is 0.127. The number of carbonyl (C=O) groups is 1. The minimum Gasteiger partial charge on any atom is -0.493 e. The highest BCUT2D eigenvalue weighted by Crippen LogP contribution is 2.35. The standard InChI is InChI=1S/C11H12O.C5H11NO/c1-2-8-4-5-11-10(6-7-12-11)9(8)3-1;1-3-5(7)6-4-2/h4-5H,1-3,6-7H2;3-4H2,1-2H3,(H,6,7). The molecule has 1 heterocycles. The summed E-state index contributed by atoms with van der Waals surface area (Å²) in [6.07, 6.45) is 5.63. The lowest BCUT2D eigenvalue weighted by atomic mass is 10.0. The van der Waals surface area contributed by atoms with Crippen LogP contribution >= 0.6 is 0 Å². The maximum absolute atomic E-state index is 10.3. The van der Waals surface area contributed by atoms with Crippen molar-refractivity contribution in [3.63, 3.8) is 0 Å². The van der Waals surface area contributed by atoms with Crippen LogP contribution in [0.5, 0.6) is 5.75 Å². The highest BCUT2D eigenvalue weighted by atomic mass is 16.5. The summed E-state index contributed by atoms with van der Waals surface area (Å²) in [7, 11) is 0. The van der Waals surface area contributed by atoms with Crippen LogP contribution in [0.2, 0.25) is 0 Å². The number of aryl methyl sites for hydroxylation is 1. The third-order valence-corrected chi connectivity index (χ3v) is 3.66. The van der Waals surface area contributed by atoms with Crippen LogP contribution < -0.4 is 10.1 Å². The van der Waals surface area contributed by atoms with Gasteiger partial charge < -0.3 is 10.1 Å². The summed E-state index contributed by atoms with van der Waals surface area (Å²) in [5.41, 5.74) is 4.68. The number of hydrogen-bond acceptors (Lipinski definition) is 2. The number of benzene rings is 1. The van der Waals surface area contributed by atoms with E-state index in [9.17, 15) is 4.79 Å². The first-order valence-corrected chi connectivity index (χ1v) is 7.29. The lowest BCUT2D eigenvalue weighted by molar-refractivity contribution is -0.120. The van der Waals surface area contributed by atoms with Gasteiger partial charge in [0.15, 0.2) is 0 Å². The molecule has 0 radical (unpaired) electrons. The summed E-state index contributed by atoms with van der Waals surface area (Å²) >= 11 is 0. The maximum atomic E-state index is 10.3. The molecule has 19 heavy (non-hydrogen) atoms. The molecule has 0 spiro atoms. The molecule has 1 aliphatic carbocycles. The highest BCUT2D eigenvalue weighted by molar-refractivity contribution is 5.75. The van der Waals surface area contributed by atoms with Gasteiger partial charge in [-0.05, 0) is 43.4 Å². The number of fused-ring (bicyclic) bond motifs is 3. The van der Waals surface area contributed by atoms with Gasteiger partial charge in [-0.3, -0.25) is 4.79 Å². The fraction of sp³-hybridized carbons (Fsp3) is 0.562. The lowest BCUT2D eigenvalue weighted by Gasteiger charge is -2.04. The fourth-order valence-electron chi connectivity index (χ4n) is 2.72.